The number of hydrogen-bond acceptors (Lipinski definition) is 4. The largest absolute Gasteiger partial charge is 0.384 e. The van der Waals surface area contributed by atoms with Crippen molar-refractivity contribution in [2.24, 2.45) is 0 Å². The van der Waals surface area contributed by atoms with Crippen molar-refractivity contribution >= 4 is 27.3 Å². The van der Waals surface area contributed by atoms with Crippen LogP contribution in [-0.2, 0) is 10.0 Å². The van der Waals surface area contributed by atoms with Gasteiger partial charge in [-0.1, -0.05) is 11.6 Å². The summed E-state index contributed by atoms with van der Waals surface area (Å²) in [5, 5.41) is 12.6. The van der Waals surface area contributed by atoms with Crippen molar-refractivity contribution in [2.75, 3.05) is 31.2 Å². The van der Waals surface area contributed by atoms with E-state index in [1.54, 1.807) is 32.2 Å². The fourth-order valence-corrected chi connectivity index (χ4v) is 2.67. The molecule has 0 amide bonds. The molecule has 0 aliphatic rings. The van der Waals surface area contributed by atoms with E-state index < -0.39 is 10.0 Å². The summed E-state index contributed by atoms with van der Waals surface area (Å²) >= 11 is 5.81. The highest BCUT2D eigenvalue weighted by Crippen LogP contribution is 2.19. The highest BCUT2D eigenvalue weighted by Gasteiger charge is 2.13. The van der Waals surface area contributed by atoms with Gasteiger partial charge < -0.3 is 5.32 Å². The summed E-state index contributed by atoms with van der Waals surface area (Å²) in [5.74, 6) is 0.104. The maximum atomic E-state index is 11.5. The molecule has 1 aromatic rings. The third kappa shape index (κ3) is 4.67. The van der Waals surface area contributed by atoms with Gasteiger partial charge >= 0.3 is 0 Å². The van der Waals surface area contributed by atoms with E-state index >= 15 is 0 Å². The molecule has 0 radical (unpaired) electrons. The van der Waals surface area contributed by atoms with E-state index in [-0.39, 0.29) is 5.75 Å². The lowest BCUT2D eigenvalue weighted by Gasteiger charge is -2.16. The highest BCUT2D eigenvalue weighted by molar-refractivity contribution is 7.89. The number of nitriles is 1. The first kappa shape index (κ1) is 16.8. The van der Waals surface area contributed by atoms with Crippen LogP contribution in [0, 0.1) is 11.3 Å². The van der Waals surface area contributed by atoms with Crippen molar-refractivity contribution in [3.63, 3.8) is 0 Å². The molecule has 1 aromatic carbocycles. The Labute approximate surface area is 125 Å². The van der Waals surface area contributed by atoms with Crippen LogP contribution in [0.15, 0.2) is 18.2 Å². The average molecular weight is 316 g/mol. The van der Waals surface area contributed by atoms with E-state index in [1.165, 1.54) is 4.31 Å². The van der Waals surface area contributed by atoms with E-state index in [4.69, 9.17) is 16.9 Å². The van der Waals surface area contributed by atoms with Crippen LogP contribution in [0.25, 0.3) is 0 Å². The van der Waals surface area contributed by atoms with Crippen molar-refractivity contribution in [1.29, 1.82) is 5.26 Å². The Morgan fingerprint density at radius 1 is 1.45 bits per heavy atom. The lowest BCUT2D eigenvalue weighted by atomic mass is 10.2. The molecule has 1 rings (SSSR count). The van der Waals surface area contributed by atoms with Gasteiger partial charge in [0, 0.05) is 25.2 Å². The molecule has 0 aliphatic carbocycles. The zero-order chi connectivity index (χ0) is 15.2. The lowest BCUT2D eigenvalue weighted by molar-refractivity contribution is 0.466. The summed E-state index contributed by atoms with van der Waals surface area (Å²) in [6, 6.07) is 7.11. The van der Waals surface area contributed by atoms with E-state index in [0.29, 0.717) is 35.8 Å². The lowest BCUT2D eigenvalue weighted by Crippen LogP contribution is -2.30. The number of hydrogen-bond donors (Lipinski definition) is 1. The highest BCUT2D eigenvalue weighted by atomic mass is 35.5. The van der Waals surface area contributed by atoms with Crippen molar-refractivity contribution in [1.82, 2.24) is 4.31 Å². The zero-order valence-electron chi connectivity index (χ0n) is 11.6. The fourth-order valence-electron chi connectivity index (χ4n) is 1.65. The Bertz CT molecular complexity index is 596. The molecule has 0 aliphatic heterocycles. The summed E-state index contributed by atoms with van der Waals surface area (Å²) in [6.07, 6.45) is 0.656. The molecule has 0 fully saturated rings. The molecular formula is C13H18ClN3O2S. The molecule has 0 heterocycles. The predicted molar refractivity (Wildman–Crippen MR) is 81.4 cm³/mol. The second-order valence-electron chi connectivity index (χ2n) is 4.30. The minimum Gasteiger partial charge on any atom is -0.384 e. The van der Waals surface area contributed by atoms with Crippen LogP contribution in [0.2, 0.25) is 5.02 Å². The van der Waals surface area contributed by atoms with Crippen molar-refractivity contribution in [3.05, 3.63) is 28.8 Å². The summed E-state index contributed by atoms with van der Waals surface area (Å²) in [4.78, 5) is 0. The third-order valence-electron chi connectivity index (χ3n) is 2.91. The van der Waals surface area contributed by atoms with Gasteiger partial charge in [0.25, 0.3) is 0 Å². The number of rotatable bonds is 7. The van der Waals surface area contributed by atoms with Crippen LogP contribution in [-0.4, -0.2) is 38.6 Å². The molecule has 20 heavy (non-hydrogen) atoms. The summed E-state index contributed by atoms with van der Waals surface area (Å²) in [7, 11) is -1.55. The van der Waals surface area contributed by atoms with Crippen LogP contribution >= 0.6 is 11.6 Å². The normalized spacial score (nSPS) is 11.3. The standard InChI is InChI=1S/C13H18ClN3O2S/c1-3-20(18,19)17(2)8-4-7-16-13-6-5-12(14)9-11(13)10-15/h5-6,9,16H,3-4,7-8H2,1-2H3. The van der Waals surface area contributed by atoms with Crippen molar-refractivity contribution in [2.45, 2.75) is 13.3 Å². The van der Waals surface area contributed by atoms with Crippen LogP contribution in [0.5, 0.6) is 0 Å². The molecule has 7 heteroatoms. The zero-order valence-corrected chi connectivity index (χ0v) is 13.1. The Morgan fingerprint density at radius 2 is 2.15 bits per heavy atom. The average Bonchev–Trinajstić information content (AvgIpc) is 2.44. The van der Waals surface area contributed by atoms with E-state index in [9.17, 15) is 8.42 Å². The second kappa shape index (κ2) is 7.48. The predicted octanol–water partition coefficient (Wildman–Crippen LogP) is 2.30. The first-order chi connectivity index (χ1) is 9.40. The van der Waals surface area contributed by atoms with Gasteiger partial charge in [0.15, 0.2) is 0 Å². The third-order valence-corrected chi connectivity index (χ3v) is 5.00. The maximum absolute atomic E-state index is 11.5. The Balaban J connectivity index is 2.49. The van der Waals surface area contributed by atoms with Crippen molar-refractivity contribution < 1.29 is 8.42 Å². The molecule has 0 atom stereocenters. The summed E-state index contributed by atoms with van der Waals surface area (Å²) < 4.78 is 24.4. The van der Waals surface area contributed by atoms with Crippen LogP contribution < -0.4 is 5.32 Å². The fraction of sp³-hybridized carbons (Fsp3) is 0.462. The van der Waals surface area contributed by atoms with Gasteiger partial charge in [-0.15, -0.1) is 0 Å². The molecule has 5 nitrogen and oxygen atoms in total. The summed E-state index contributed by atoms with van der Waals surface area (Å²) in [6.45, 7) is 2.65. The quantitative estimate of drug-likeness (QED) is 0.784. The van der Waals surface area contributed by atoms with Crippen molar-refractivity contribution in [3.8, 4) is 6.07 Å². The van der Waals surface area contributed by atoms with Crippen LogP contribution in [0.4, 0.5) is 5.69 Å². The van der Waals surface area contributed by atoms with E-state index in [0.717, 1.165) is 0 Å². The second-order valence-corrected chi connectivity index (χ2v) is 7.11. The number of nitrogens with zero attached hydrogens (tertiary/aromatic N) is 2. The molecule has 0 spiro atoms. The first-order valence-electron chi connectivity index (χ1n) is 6.28. The van der Waals surface area contributed by atoms with E-state index in [1.807, 2.05) is 0 Å². The van der Waals surface area contributed by atoms with Crippen LogP contribution in [0.3, 0.4) is 0 Å². The number of sulfonamides is 1. The molecule has 0 saturated carbocycles. The Morgan fingerprint density at radius 3 is 2.75 bits per heavy atom. The van der Waals surface area contributed by atoms with Gasteiger partial charge in [-0.05, 0) is 31.5 Å². The van der Waals surface area contributed by atoms with E-state index in [2.05, 4.69) is 11.4 Å². The number of nitrogens with one attached hydrogen (secondary N) is 1. The summed E-state index contributed by atoms with van der Waals surface area (Å²) in [5.41, 5.74) is 1.19. The van der Waals surface area contributed by atoms with Gasteiger partial charge in [-0.25, -0.2) is 12.7 Å². The maximum Gasteiger partial charge on any atom is 0.213 e. The van der Waals surface area contributed by atoms with Gasteiger partial charge in [-0.3, -0.25) is 0 Å². The molecule has 1 N–H and O–H groups in total. The topological polar surface area (TPSA) is 73.2 Å². The number of halogens is 1. The van der Waals surface area contributed by atoms with Gasteiger partial charge in [0.05, 0.1) is 17.0 Å². The molecule has 0 saturated heterocycles. The SMILES string of the molecule is CCS(=O)(=O)N(C)CCCNc1ccc(Cl)cc1C#N. The Kier molecular flexibility index (Phi) is 6.27. The van der Waals surface area contributed by atoms with Crippen LogP contribution in [0.1, 0.15) is 18.9 Å². The first-order valence-corrected chi connectivity index (χ1v) is 8.27. The molecule has 0 bridgehead atoms. The minimum absolute atomic E-state index is 0.104. The minimum atomic E-state index is -3.13. The smallest absolute Gasteiger partial charge is 0.213 e. The van der Waals surface area contributed by atoms with Gasteiger partial charge in [0.2, 0.25) is 10.0 Å². The molecular weight excluding hydrogens is 298 g/mol. The molecule has 0 unspecified atom stereocenters. The molecule has 0 aromatic heterocycles. The number of benzene rings is 1. The van der Waals surface area contributed by atoms with Gasteiger partial charge in [0.1, 0.15) is 6.07 Å². The Hall–Kier alpha value is -1.29. The number of anilines is 1. The monoisotopic (exact) mass is 315 g/mol. The van der Waals surface area contributed by atoms with Gasteiger partial charge in [-0.2, -0.15) is 5.26 Å². The molecule has 110 valence electrons.